The van der Waals surface area contributed by atoms with Gasteiger partial charge >= 0.3 is 6.09 Å². The molecule has 3 aromatic carbocycles. The molecule has 1 N–H and O–H groups in total. The first-order valence-electron chi connectivity index (χ1n) is 11.9. The van der Waals surface area contributed by atoms with Gasteiger partial charge in [-0.15, -0.1) is 0 Å². The van der Waals surface area contributed by atoms with E-state index >= 15 is 0 Å². The van der Waals surface area contributed by atoms with E-state index in [4.69, 9.17) is 14.4 Å². The van der Waals surface area contributed by atoms with Crippen LogP contribution in [-0.2, 0) is 31.0 Å². The lowest BCUT2D eigenvalue weighted by molar-refractivity contribution is -0.305. The number of carbonyl (C=O) groups is 1. The number of unbranched alkanes of at least 4 members (excludes halogenated alkanes) is 1. The zero-order valence-corrected chi connectivity index (χ0v) is 20.9. The average molecular weight is 511 g/mol. The number of ether oxygens (including phenoxy) is 1. The van der Waals surface area contributed by atoms with Crippen LogP contribution < -0.4 is 4.89 Å². The van der Waals surface area contributed by atoms with Crippen LogP contribution in [0.1, 0.15) is 49.8 Å². The maximum Gasteiger partial charge on any atom is 0.434 e. The standard InChI is InChI=1S/C27H30N2O6S/c1-2-3-19-27(34-28-36(31,32)24-17-11-6-12-18-24)20-25(23-15-9-5-10-16-23)29(35-27)26(30)33-21-22-13-7-4-8-14-22/h4-18,25,28H,2-3,19-21H2,1H3/t25?,27-/m0/s1. The van der Waals surface area contributed by atoms with Crippen LogP contribution in [0, 0.1) is 0 Å². The van der Waals surface area contributed by atoms with E-state index in [-0.39, 0.29) is 17.9 Å². The Balaban J connectivity index is 1.57. The van der Waals surface area contributed by atoms with Gasteiger partial charge in [-0.3, -0.25) is 0 Å². The van der Waals surface area contributed by atoms with Crippen molar-refractivity contribution in [2.24, 2.45) is 0 Å². The highest BCUT2D eigenvalue weighted by Gasteiger charge is 2.51. The van der Waals surface area contributed by atoms with E-state index in [1.807, 2.05) is 67.6 Å². The van der Waals surface area contributed by atoms with Crippen LogP contribution in [0.2, 0.25) is 0 Å². The number of rotatable bonds is 10. The first kappa shape index (κ1) is 25.8. The minimum atomic E-state index is -3.96. The van der Waals surface area contributed by atoms with Gasteiger partial charge in [0.25, 0.3) is 10.0 Å². The maximum atomic E-state index is 13.2. The number of nitrogens with one attached hydrogen (secondary N) is 1. The van der Waals surface area contributed by atoms with Crippen LogP contribution in [-0.4, -0.2) is 25.4 Å². The van der Waals surface area contributed by atoms with Gasteiger partial charge < -0.3 is 4.74 Å². The van der Waals surface area contributed by atoms with Gasteiger partial charge in [-0.1, -0.05) is 97.1 Å². The molecule has 1 amide bonds. The number of hydroxylamine groups is 2. The molecule has 0 aliphatic carbocycles. The molecule has 3 aromatic rings. The van der Waals surface area contributed by atoms with E-state index in [9.17, 15) is 13.2 Å². The van der Waals surface area contributed by atoms with Crippen LogP contribution >= 0.6 is 0 Å². The molecule has 0 aromatic heterocycles. The van der Waals surface area contributed by atoms with Crippen LogP contribution in [0.4, 0.5) is 4.79 Å². The van der Waals surface area contributed by atoms with E-state index in [1.165, 1.54) is 12.1 Å². The number of carbonyl (C=O) groups excluding carboxylic acids is 1. The molecule has 9 heteroatoms. The summed E-state index contributed by atoms with van der Waals surface area (Å²) in [6.45, 7) is 2.09. The molecule has 0 saturated carbocycles. The summed E-state index contributed by atoms with van der Waals surface area (Å²) in [6.07, 6.45) is 1.43. The smallest absolute Gasteiger partial charge is 0.434 e. The van der Waals surface area contributed by atoms with Gasteiger partial charge in [0, 0.05) is 12.8 Å². The fourth-order valence-electron chi connectivity index (χ4n) is 4.02. The Kier molecular flexibility index (Phi) is 8.37. The van der Waals surface area contributed by atoms with E-state index in [0.29, 0.717) is 12.8 Å². The largest absolute Gasteiger partial charge is 0.443 e. The molecule has 4 rings (SSSR count). The molecule has 0 radical (unpaired) electrons. The molecule has 0 spiro atoms. The summed E-state index contributed by atoms with van der Waals surface area (Å²) in [5, 5.41) is 1.16. The van der Waals surface area contributed by atoms with Gasteiger partial charge in [0.05, 0.1) is 10.9 Å². The predicted molar refractivity (Wildman–Crippen MR) is 133 cm³/mol. The van der Waals surface area contributed by atoms with Crippen molar-refractivity contribution in [1.82, 2.24) is 9.95 Å². The van der Waals surface area contributed by atoms with Crippen LogP contribution in [0.3, 0.4) is 0 Å². The van der Waals surface area contributed by atoms with E-state index in [1.54, 1.807) is 18.2 Å². The molecule has 0 bridgehead atoms. The monoisotopic (exact) mass is 510 g/mol. The molecule has 2 atom stereocenters. The highest BCUT2D eigenvalue weighted by molar-refractivity contribution is 7.89. The number of nitrogens with zero attached hydrogens (tertiary/aromatic N) is 1. The fourth-order valence-corrected chi connectivity index (χ4v) is 4.89. The summed E-state index contributed by atoms with van der Waals surface area (Å²) in [5.41, 5.74) is 1.66. The Morgan fingerprint density at radius 1 is 1.00 bits per heavy atom. The second kappa shape index (κ2) is 11.7. The molecule has 1 aliphatic rings. The fraction of sp³-hybridized carbons (Fsp3) is 0.296. The SMILES string of the molecule is CCCC[C@@]1(ONS(=O)(=O)c2ccccc2)CC(c2ccccc2)N(C(=O)OCc2ccccc2)O1. The van der Waals surface area contributed by atoms with Crippen molar-refractivity contribution in [3.05, 3.63) is 102 Å². The Morgan fingerprint density at radius 3 is 2.25 bits per heavy atom. The zero-order chi connectivity index (χ0) is 25.4. The van der Waals surface area contributed by atoms with Crippen molar-refractivity contribution < 1.29 is 27.6 Å². The third-order valence-electron chi connectivity index (χ3n) is 5.92. The maximum absolute atomic E-state index is 13.2. The second-order valence-electron chi connectivity index (χ2n) is 8.60. The Bertz CT molecular complexity index is 1220. The quantitative estimate of drug-likeness (QED) is 0.362. The molecule has 190 valence electrons. The van der Waals surface area contributed by atoms with Gasteiger partial charge in [-0.25, -0.2) is 22.9 Å². The molecule has 8 nitrogen and oxygen atoms in total. The van der Waals surface area contributed by atoms with E-state index < -0.39 is 27.9 Å². The average Bonchev–Trinajstić information content (AvgIpc) is 3.31. The number of benzene rings is 3. The van der Waals surface area contributed by atoms with Crippen molar-refractivity contribution in [1.29, 1.82) is 0 Å². The van der Waals surface area contributed by atoms with Crippen molar-refractivity contribution in [3.8, 4) is 0 Å². The Morgan fingerprint density at radius 2 is 1.61 bits per heavy atom. The molecule has 1 saturated heterocycles. The second-order valence-corrected chi connectivity index (χ2v) is 10.2. The predicted octanol–water partition coefficient (Wildman–Crippen LogP) is 5.50. The number of hydrogen-bond donors (Lipinski definition) is 1. The summed E-state index contributed by atoms with van der Waals surface area (Å²) in [7, 11) is -3.96. The van der Waals surface area contributed by atoms with Crippen molar-refractivity contribution in [2.75, 3.05) is 0 Å². The number of sulfonamides is 1. The summed E-state index contributed by atoms with van der Waals surface area (Å²) in [4.78, 5) is 27.4. The first-order valence-corrected chi connectivity index (χ1v) is 13.4. The molecule has 1 unspecified atom stereocenters. The minimum Gasteiger partial charge on any atom is -0.443 e. The summed E-state index contributed by atoms with van der Waals surface area (Å²) < 4.78 is 31.2. The van der Waals surface area contributed by atoms with Gasteiger partial charge in [-0.05, 0) is 29.7 Å². The van der Waals surface area contributed by atoms with Gasteiger partial charge in [0.2, 0.25) is 5.79 Å². The van der Waals surface area contributed by atoms with Gasteiger partial charge in [0.15, 0.2) is 0 Å². The Hall–Kier alpha value is -3.24. The van der Waals surface area contributed by atoms with Crippen molar-refractivity contribution in [2.45, 2.75) is 55.9 Å². The lowest BCUT2D eigenvalue weighted by Gasteiger charge is -2.28. The Labute approximate surface area is 211 Å². The molecular formula is C27H30N2O6S. The lowest BCUT2D eigenvalue weighted by Crippen LogP contribution is -2.42. The molecule has 1 fully saturated rings. The van der Waals surface area contributed by atoms with Crippen LogP contribution in [0.15, 0.2) is 95.9 Å². The summed E-state index contributed by atoms with van der Waals surface area (Å²) in [5.74, 6) is -1.40. The van der Waals surface area contributed by atoms with Crippen LogP contribution in [0.5, 0.6) is 0 Å². The minimum absolute atomic E-state index is 0.0624. The lowest BCUT2D eigenvalue weighted by atomic mass is 9.97. The molecule has 1 aliphatic heterocycles. The van der Waals surface area contributed by atoms with Crippen molar-refractivity contribution >= 4 is 16.1 Å². The normalized spacial score (nSPS) is 19.8. The highest BCUT2D eigenvalue weighted by atomic mass is 32.2. The molecule has 1 heterocycles. The molecule has 36 heavy (non-hydrogen) atoms. The third-order valence-corrected chi connectivity index (χ3v) is 7.12. The number of hydrogen-bond acceptors (Lipinski definition) is 6. The van der Waals surface area contributed by atoms with Crippen molar-refractivity contribution in [3.63, 3.8) is 0 Å². The molecular weight excluding hydrogens is 480 g/mol. The number of amides is 1. The summed E-state index contributed by atoms with van der Waals surface area (Å²) in [6, 6.07) is 26.1. The van der Waals surface area contributed by atoms with Crippen LogP contribution in [0.25, 0.3) is 0 Å². The third kappa shape index (κ3) is 6.30. The zero-order valence-electron chi connectivity index (χ0n) is 20.1. The summed E-state index contributed by atoms with van der Waals surface area (Å²) >= 11 is 0. The van der Waals surface area contributed by atoms with Gasteiger partial charge in [0.1, 0.15) is 6.61 Å². The van der Waals surface area contributed by atoms with Gasteiger partial charge in [-0.2, -0.15) is 5.06 Å². The topological polar surface area (TPSA) is 94.2 Å². The first-order chi connectivity index (χ1) is 17.4. The highest BCUT2D eigenvalue weighted by Crippen LogP contribution is 2.44. The van der Waals surface area contributed by atoms with E-state index in [0.717, 1.165) is 22.6 Å². The van der Waals surface area contributed by atoms with E-state index in [2.05, 4.69) is 4.89 Å².